The molecule has 0 radical (unpaired) electrons. The molecule has 3 N–H and O–H groups in total. The molecule has 2 rings (SSSR count). The smallest absolute Gasteiger partial charge is 0.255 e. The van der Waals surface area contributed by atoms with Gasteiger partial charge in [0.1, 0.15) is 17.3 Å². The fourth-order valence-electron chi connectivity index (χ4n) is 1.50. The van der Waals surface area contributed by atoms with E-state index < -0.39 is 0 Å². The molecule has 0 fully saturated rings. The van der Waals surface area contributed by atoms with Crippen LogP contribution >= 0.6 is 12.2 Å². The van der Waals surface area contributed by atoms with Crippen molar-refractivity contribution in [2.24, 2.45) is 5.73 Å². The molecule has 0 aliphatic carbocycles. The molecular formula is C14H13N3O2S. The Hall–Kier alpha value is -2.47. The zero-order chi connectivity index (χ0) is 14.4. The first kappa shape index (κ1) is 14.0. The van der Waals surface area contributed by atoms with Gasteiger partial charge in [0.2, 0.25) is 0 Å². The lowest BCUT2D eigenvalue weighted by Crippen LogP contribution is -2.17. The van der Waals surface area contributed by atoms with Crippen molar-refractivity contribution >= 4 is 28.8 Å². The third-order valence-corrected chi connectivity index (χ3v) is 2.55. The van der Waals surface area contributed by atoms with Gasteiger partial charge in [-0.2, -0.15) is 0 Å². The fourth-order valence-corrected chi connectivity index (χ4v) is 1.55. The quantitative estimate of drug-likeness (QED) is 0.822. The Labute approximate surface area is 121 Å². The molecule has 0 saturated heterocycles. The second-order valence-electron chi connectivity index (χ2n) is 3.97. The van der Waals surface area contributed by atoms with Gasteiger partial charge in [-0.3, -0.25) is 9.78 Å². The zero-order valence-electron chi connectivity index (χ0n) is 10.6. The van der Waals surface area contributed by atoms with Crippen LogP contribution in [-0.2, 0) is 0 Å². The van der Waals surface area contributed by atoms with E-state index in [1.807, 2.05) is 0 Å². The molecule has 5 nitrogen and oxygen atoms in total. The van der Waals surface area contributed by atoms with E-state index in [-0.39, 0.29) is 12.5 Å². The predicted molar refractivity (Wildman–Crippen MR) is 80.9 cm³/mol. The molecule has 0 atom stereocenters. The molecule has 20 heavy (non-hydrogen) atoms. The monoisotopic (exact) mass is 287 g/mol. The molecule has 0 aliphatic rings. The second-order valence-corrected chi connectivity index (χ2v) is 4.49. The third kappa shape index (κ3) is 4.03. The Morgan fingerprint density at radius 2 is 1.85 bits per heavy atom. The summed E-state index contributed by atoms with van der Waals surface area (Å²) in [6, 6.07) is 10.3. The first-order chi connectivity index (χ1) is 9.65. The summed E-state index contributed by atoms with van der Waals surface area (Å²) in [4.78, 5) is 16.1. The Morgan fingerprint density at radius 3 is 2.45 bits per heavy atom. The third-order valence-electron chi connectivity index (χ3n) is 2.44. The van der Waals surface area contributed by atoms with Crippen molar-refractivity contribution in [3.63, 3.8) is 0 Å². The van der Waals surface area contributed by atoms with Crippen molar-refractivity contribution in [1.29, 1.82) is 0 Å². The van der Waals surface area contributed by atoms with Crippen LogP contribution in [0.4, 0.5) is 5.69 Å². The summed E-state index contributed by atoms with van der Waals surface area (Å²) in [6.45, 7) is 0.193. The number of benzene rings is 1. The summed E-state index contributed by atoms with van der Waals surface area (Å²) >= 11 is 4.72. The van der Waals surface area contributed by atoms with Crippen molar-refractivity contribution in [3.05, 3.63) is 54.4 Å². The zero-order valence-corrected chi connectivity index (χ0v) is 11.4. The van der Waals surface area contributed by atoms with Crippen LogP contribution in [-0.4, -0.2) is 22.5 Å². The number of hydrogen-bond acceptors (Lipinski definition) is 4. The van der Waals surface area contributed by atoms with Crippen molar-refractivity contribution in [3.8, 4) is 5.75 Å². The molecule has 1 heterocycles. The summed E-state index contributed by atoms with van der Waals surface area (Å²) in [5.74, 6) is 0.448. The van der Waals surface area contributed by atoms with Crippen LogP contribution in [0.15, 0.2) is 48.8 Å². The maximum absolute atomic E-state index is 11.9. The summed E-state index contributed by atoms with van der Waals surface area (Å²) in [5, 5.41) is 2.78. The second kappa shape index (κ2) is 6.63. The first-order valence-corrected chi connectivity index (χ1v) is 6.28. The van der Waals surface area contributed by atoms with Gasteiger partial charge in [0.15, 0.2) is 0 Å². The van der Waals surface area contributed by atoms with E-state index in [0.717, 1.165) is 0 Å². The highest BCUT2D eigenvalue weighted by Crippen LogP contribution is 2.16. The highest BCUT2D eigenvalue weighted by atomic mass is 32.1. The summed E-state index contributed by atoms with van der Waals surface area (Å²) in [5.41, 5.74) is 6.57. The average molecular weight is 287 g/mol. The summed E-state index contributed by atoms with van der Waals surface area (Å²) < 4.78 is 5.32. The Morgan fingerprint density at radius 1 is 1.20 bits per heavy atom. The number of rotatable bonds is 5. The van der Waals surface area contributed by atoms with Crippen LogP contribution in [0.1, 0.15) is 10.4 Å². The van der Waals surface area contributed by atoms with Gasteiger partial charge < -0.3 is 15.8 Å². The number of carbonyl (C=O) groups excluding carboxylic acids is 1. The highest BCUT2D eigenvalue weighted by Gasteiger charge is 2.05. The van der Waals surface area contributed by atoms with Gasteiger partial charge in [-0.05, 0) is 36.4 Å². The molecule has 1 aromatic carbocycles. The van der Waals surface area contributed by atoms with Gasteiger partial charge in [-0.1, -0.05) is 12.2 Å². The maximum Gasteiger partial charge on any atom is 0.255 e. The van der Waals surface area contributed by atoms with E-state index in [0.29, 0.717) is 22.0 Å². The van der Waals surface area contributed by atoms with E-state index in [9.17, 15) is 4.79 Å². The number of pyridine rings is 1. The maximum atomic E-state index is 11.9. The Balaban J connectivity index is 1.97. The van der Waals surface area contributed by atoms with Crippen LogP contribution < -0.4 is 15.8 Å². The molecule has 1 aromatic heterocycles. The lowest BCUT2D eigenvalue weighted by molar-refractivity contribution is 0.102. The van der Waals surface area contributed by atoms with Gasteiger partial charge in [0.05, 0.1) is 0 Å². The molecule has 2 aromatic rings. The molecule has 1 amide bonds. The molecule has 0 spiro atoms. The molecule has 0 unspecified atom stereocenters. The Bertz CT molecular complexity index is 600. The van der Waals surface area contributed by atoms with Gasteiger partial charge >= 0.3 is 0 Å². The van der Waals surface area contributed by atoms with Gasteiger partial charge in [-0.15, -0.1) is 0 Å². The number of aromatic nitrogens is 1. The summed E-state index contributed by atoms with van der Waals surface area (Å²) in [6.07, 6.45) is 3.14. The van der Waals surface area contributed by atoms with Gasteiger partial charge in [0.25, 0.3) is 5.91 Å². The van der Waals surface area contributed by atoms with Crippen LogP contribution in [0.5, 0.6) is 5.75 Å². The van der Waals surface area contributed by atoms with E-state index in [1.165, 1.54) is 0 Å². The number of nitrogens with two attached hydrogens (primary N) is 1. The van der Waals surface area contributed by atoms with Crippen molar-refractivity contribution in [2.75, 3.05) is 11.9 Å². The molecule has 0 bridgehead atoms. The van der Waals surface area contributed by atoms with Gasteiger partial charge in [0, 0.05) is 23.6 Å². The molecular weight excluding hydrogens is 274 g/mol. The van der Waals surface area contributed by atoms with Crippen LogP contribution in [0.2, 0.25) is 0 Å². The number of ether oxygens (including phenoxy) is 1. The first-order valence-electron chi connectivity index (χ1n) is 5.88. The van der Waals surface area contributed by atoms with Crippen molar-refractivity contribution < 1.29 is 9.53 Å². The minimum atomic E-state index is -0.191. The molecule has 0 aliphatic heterocycles. The van der Waals surface area contributed by atoms with E-state index in [1.54, 1.807) is 48.8 Å². The van der Waals surface area contributed by atoms with Gasteiger partial charge in [-0.25, -0.2) is 0 Å². The fraction of sp³-hybridized carbons (Fsp3) is 0.0714. The number of amides is 1. The topological polar surface area (TPSA) is 77.2 Å². The number of anilines is 1. The minimum absolute atomic E-state index is 0.191. The molecule has 0 saturated carbocycles. The lowest BCUT2D eigenvalue weighted by atomic mass is 10.2. The van der Waals surface area contributed by atoms with E-state index >= 15 is 0 Å². The van der Waals surface area contributed by atoms with Crippen LogP contribution in [0, 0.1) is 0 Å². The lowest BCUT2D eigenvalue weighted by Gasteiger charge is -2.07. The molecule has 6 heteroatoms. The predicted octanol–water partition coefficient (Wildman–Crippen LogP) is 2.00. The minimum Gasteiger partial charge on any atom is -0.487 e. The average Bonchev–Trinajstić information content (AvgIpc) is 2.47. The summed E-state index contributed by atoms with van der Waals surface area (Å²) in [7, 11) is 0. The highest BCUT2D eigenvalue weighted by molar-refractivity contribution is 7.80. The normalized spacial score (nSPS) is 9.80. The number of thiocarbonyl (C=S) groups is 1. The number of nitrogens with one attached hydrogen (secondary N) is 1. The standard InChI is InChI=1S/C14H13N3O2S/c15-13(20)9-19-12-3-1-11(2-4-12)17-14(18)10-5-7-16-8-6-10/h1-8H,9H2,(H2,15,20)(H,17,18). The van der Waals surface area contributed by atoms with E-state index in [4.69, 9.17) is 22.7 Å². The Kier molecular flexibility index (Phi) is 4.62. The molecule has 102 valence electrons. The van der Waals surface area contributed by atoms with Crippen LogP contribution in [0.3, 0.4) is 0 Å². The van der Waals surface area contributed by atoms with Crippen molar-refractivity contribution in [2.45, 2.75) is 0 Å². The number of carbonyl (C=O) groups is 1. The largest absolute Gasteiger partial charge is 0.487 e. The van der Waals surface area contributed by atoms with Crippen LogP contribution in [0.25, 0.3) is 0 Å². The van der Waals surface area contributed by atoms with Crippen molar-refractivity contribution in [1.82, 2.24) is 4.98 Å². The number of nitrogens with zero attached hydrogens (tertiary/aromatic N) is 1. The number of hydrogen-bond donors (Lipinski definition) is 2. The SMILES string of the molecule is NC(=S)COc1ccc(NC(=O)c2ccncc2)cc1. The van der Waals surface area contributed by atoms with E-state index in [2.05, 4.69) is 10.3 Å².